The molecule has 0 aliphatic heterocycles. The fourth-order valence-electron chi connectivity index (χ4n) is 1.78. The van der Waals surface area contributed by atoms with E-state index in [0.29, 0.717) is 19.5 Å². The van der Waals surface area contributed by atoms with E-state index in [1.54, 1.807) is 4.90 Å². The molecule has 0 bridgehead atoms. The molecule has 1 aromatic rings. The summed E-state index contributed by atoms with van der Waals surface area (Å²) in [5.41, 5.74) is 1.91. The van der Waals surface area contributed by atoms with Gasteiger partial charge in [0.2, 0.25) is 11.8 Å². The zero-order chi connectivity index (χ0) is 15.1. The maximum absolute atomic E-state index is 11.7. The summed E-state index contributed by atoms with van der Waals surface area (Å²) in [5.74, 6) is -0.0895. The fraction of sp³-hybridized carbons (Fsp3) is 0.467. The van der Waals surface area contributed by atoms with Crippen molar-refractivity contribution in [2.24, 2.45) is 0 Å². The van der Waals surface area contributed by atoms with Crippen LogP contribution in [0.25, 0.3) is 0 Å². The Balaban J connectivity index is 2.72. The smallest absolute Gasteiger partial charge is 0.223 e. The number of hydrogen-bond donors (Lipinski definition) is 1. The number of halogens is 1. The van der Waals surface area contributed by atoms with Crippen LogP contribution in [0.15, 0.2) is 22.7 Å². The van der Waals surface area contributed by atoms with Gasteiger partial charge in [-0.05, 0) is 31.0 Å². The molecule has 0 spiro atoms. The Morgan fingerprint density at radius 2 is 2.05 bits per heavy atom. The van der Waals surface area contributed by atoms with Crippen LogP contribution in [-0.4, -0.2) is 24.9 Å². The van der Waals surface area contributed by atoms with Crippen molar-refractivity contribution in [3.05, 3.63) is 28.2 Å². The molecule has 0 fully saturated rings. The van der Waals surface area contributed by atoms with Gasteiger partial charge in [0, 0.05) is 36.6 Å². The lowest BCUT2D eigenvalue weighted by Crippen LogP contribution is -2.34. The second-order valence-corrected chi connectivity index (χ2v) is 5.56. The first-order valence-corrected chi connectivity index (χ1v) is 7.56. The number of carbonyl (C=O) groups excluding carboxylic acids is 2. The highest BCUT2D eigenvalue weighted by Gasteiger charge is 2.14. The summed E-state index contributed by atoms with van der Waals surface area (Å²) >= 11 is 3.46. The topological polar surface area (TPSA) is 49.4 Å². The fourth-order valence-corrected chi connectivity index (χ4v) is 2.15. The Labute approximate surface area is 128 Å². The van der Waals surface area contributed by atoms with Gasteiger partial charge in [-0.2, -0.15) is 0 Å². The van der Waals surface area contributed by atoms with Crippen LogP contribution in [0.4, 0.5) is 5.69 Å². The molecule has 0 aliphatic rings. The maximum atomic E-state index is 11.7. The van der Waals surface area contributed by atoms with E-state index in [1.807, 2.05) is 32.0 Å². The van der Waals surface area contributed by atoms with E-state index in [2.05, 4.69) is 21.2 Å². The normalized spacial score (nSPS) is 10.2. The summed E-state index contributed by atoms with van der Waals surface area (Å²) in [6, 6.07) is 5.75. The SMILES string of the molecule is CCCNC(=O)CCN(C(C)=O)c1ccc(C)c(Br)c1. The van der Waals surface area contributed by atoms with Crippen LogP contribution in [0.2, 0.25) is 0 Å². The first kappa shape index (κ1) is 16.7. The van der Waals surface area contributed by atoms with E-state index >= 15 is 0 Å². The highest BCUT2D eigenvalue weighted by atomic mass is 79.9. The van der Waals surface area contributed by atoms with Gasteiger partial charge in [-0.25, -0.2) is 0 Å². The summed E-state index contributed by atoms with van der Waals surface area (Å²) in [6.07, 6.45) is 1.22. The minimum Gasteiger partial charge on any atom is -0.356 e. The monoisotopic (exact) mass is 340 g/mol. The van der Waals surface area contributed by atoms with Crippen LogP contribution in [0, 0.1) is 6.92 Å². The molecule has 0 saturated heterocycles. The number of benzene rings is 1. The minimum atomic E-state index is -0.0657. The van der Waals surface area contributed by atoms with Crippen LogP contribution in [0.3, 0.4) is 0 Å². The molecule has 4 nitrogen and oxygen atoms in total. The summed E-state index contributed by atoms with van der Waals surface area (Å²) in [6.45, 7) is 6.57. The zero-order valence-corrected chi connectivity index (χ0v) is 13.8. The molecule has 20 heavy (non-hydrogen) atoms. The highest BCUT2D eigenvalue weighted by Crippen LogP contribution is 2.23. The van der Waals surface area contributed by atoms with E-state index in [0.717, 1.165) is 22.1 Å². The van der Waals surface area contributed by atoms with Gasteiger partial charge in [-0.15, -0.1) is 0 Å². The molecule has 1 rings (SSSR count). The van der Waals surface area contributed by atoms with Gasteiger partial charge in [-0.3, -0.25) is 9.59 Å². The molecule has 0 aromatic heterocycles. The van der Waals surface area contributed by atoms with E-state index < -0.39 is 0 Å². The molecular formula is C15H21BrN2O2. The third kappa shape index (κ3) is 4.96. The minimum absolute atomic E-state index is 0.0238. The highest BCUT2D eigenvalue weighted by molar-refractivity contribution is 9.10. The number of nitrogens with one attached hydrogen (secondary N) is 1. The average Bonchev–Trinajstić information content (AvgIpc) is 2.40. The third-order valence-electron chi connectivity index (χ3n) is 2.98. The van der Waals surface area contributed by atoms with Gasteiger partial charge < -0.3 is 10.2 Å². The lowest BCUT2D eigenvalue weighted by atomic mass is 10.2. The number of nitrogens with zero attached hydrogens (tertiary/aromatic N) is 1. The first-order chi connectivity index (χ1) is 9.45. The van der Waals surface area contributed by atoms with Crippen molar-refractivity contribution in [1.29, 1.82) is 0 Å². The summed E-state index contributed by atoms with van der Waals surface area (Å²) in [7, 11) is 0. The number of rotatable bonds is 6. The van der Waals surface area contributed by atoms with Gasteiger partial charge in [0.25, 0.3) is 0 Å². The number of aryl methyl sites for hydroxylation is 1. The molecule has 2 amide bonds. The molecule has 0 radical (unpaired) electrons. The molecule has 110 valence electrons. The Bertz CT molecular complexity index is 489. The van der Waals surface area contributed by atoms with Gasteiger partial charge in [-0.1, -0.05) is 28.9 Å². The number of anilines is 1. The summed E-state index contributed by atoms with van der Waals surface area (Å²) in [4.78, 5) is 25.0. The number of amides is 2. The second kappa shape index (κ2) is 8.04. The summed E-state index contributed by atoms with van der Waals surface area (Å²) < 4.78 is 0.955. The largest absolute Gasteiger partial charge is 0.356 e. The van der Waals surface area contributed by atoms with Gasteiger partial charge in [0.1, 0.15) is 0 Å². The quantitative estimate of drug-likeness (QED) is 0.865. The van der Waals surface area contributed by atoms with Crippen molar-refractivity contribution >= 4 is 33.4 Å². The van der Waals surface area contributed by atoms with Crippen molar-refractivity contribution in [3.63, 3.8) is 0 Å². The lowest BCUT2D eigenvalue weighted by molar-refractivity contribution is -0.121. The van der Waals surface area contributed by atoms with Crippen molar-refractivity contribution in [2.45, 2.75) is 33.6 Å². The van der Waals surface area contributed by atoms with Crippen LogP contribution >= 0.6 is 15.9 Å². The zero-order valence-electron chi connectivity index (χ0n) is 12.2. The molecule has 0 atom stereocenters. The Morgan fingerprint density at radius 1 is 1.35 bits per heavy atom. The van der Waals surface area contributed by atoms with Gasteiger partial charge in [0.05, 0.1) is 0 Å². The van der Waals surface area contributed by atoms with Gasteiger partial charge in [0.15, 0.2) is 0 Å². The molecule has 1 aromatic carbocycles. The van der Waals surface area contributed by atoms with Crippen LogP contribution in [-0.2, 0) is 9.59 Å². The van der Waals surface area contributed by atoms with E-state index in [-0.39, 0.29) is 11.8 Å². The summed E-state index contributed by atoms with van der Waals surface area (Å²) in [5, 5.41) is 2.81. The molecular weight excluding hydrogens is 320 g/mol. The predicted octanol–water partition coefficient (Wildman–Crippen LogP) is 3.03. The van der Waals surface area contributed by atoms with E-state index in [4.69, 9.17) is 0 Å². The Hall–Kier alpha value is -1.36. The first-order valence-electron chi connectivity index (χ1n) is 6.76. The maximum Gasteiger partial charge on any atom is 0.223 e. The van der Waals surface area contributed by atoms with Crippen molar-refractivity contribution in [2.75, 3.05) is 18.0 Å². The second-order valence-electron chi connectivity index (χ2n) is 4.70. The molecule has 0 unspecified atom stereocenters. The standard InChI is InChI=1S/C15H21BrN2O2/c1-4-8-17-15(20)7-9-18(12(3)19)13-6-5-11(2)14(16)10-13/h5-6,10H,4,7-9H2,1-3H3,(H,17,20). The van der Waals surface area contributed by atoms with Crippen LogP contribution < -0.4 is 10.2 Å². The molecule has 0 saturated carbocycles. The molecule has 0 aliphatic carbocycles. The molecule has 0 heterocycles. The Kier molecular flexibility index (Phi) is 6.71. The molecule has 1 N–H and O–H groups in total. The average molecular weight is 341 g/mol. The predicted molar refractivity (Wildman–Crippen MR) is 84.8 cm³/mol. The van der Waals surface area contributed by atoms with Crippen LogP contribution in [0.5, 0.6) is 0 Å². The van der Waals surface area contributed by atoms with Crippen molar-refractivity contribution in [1.82, 2.24) is 5.32 Å². The van der Waals surface area contributed by atoms with Crippen molar-refractivity contribution in [3.8, 4) is 0 Å². The number of carbonyl (C=O) groups is 2. The third-order valence-corrected chi connectivity index (χ3v) is 3.84. The van der Waals surface area contributed by atoms with E-state index in [1.165, 1.54) is 6.92 Å². The van der Waals surface area contributed by atoms with Crippen molar-refractivity contribution < 1.29 is 9.59 Å². The molecule has 5 heteroatoms. The Morgan fingerprint density at radius 3 is 2.60 bits per heavy atom. The number of hydrogen-bond acceptors (Lipinski definition) is 2. The lowest BCUT2D eigenvalue weighted by Gasteiger charge is -2.21. The van der Waals surface area contributed by atoms with Gasteiger partial charge >= 0.3 is 0 Å². The van der Waals surface area contributed by atoms with Crippen LogP contribution in [0.1, 0.15) is 32.3 Å². The van der Waals surface area contributed by atoms with E-state index in [9.17, 15) is 9.59 Å².